The molecule has 1 aromatic heterocycles. The van der Waals surface area contributed by atoms with Crippen molar-refractivity contribution in [2.45, 2.75) is 0 Å². The second-order valence-corrected chi connectivity index (χ2v) is 5.30. The SMILES string of the molecule is CN1CCN(c2cc(Nc3ccc(F)cc3F)ncn2)CC1. The first kappa shape index (κ1) is 14.6. The van der Waals surface area contributed by atoms with Gasteiger partial charge >= 0.3 is 0 Å². The fourth-order valence-corrected chi connectivity index (χ4v) is 2.35. The standard InChI is InChI=1S/C15H17F2N5/c1-21-4-6-22(7-5-21)15-9-14(18-10-19-15)20-13-3-2-11(16)8-12(13)17/h2-3,8-10H,4-7H2,1H3,(H,18,19,20). The number of piperazine rings is 1. The average molecular weight is 305 g/mol. The number of likely N-dealkylation sites (N-methyl/N-ethyl adjacent to an activating group) is 1. The van der Waals surface area contributed by atoms with Crippen LogP contribution < -0.4 is 10.2 Å². The third-order valence-electron chi connectivity index (χ3n) is 3.67. The van der Waals surface area contributed by atoms with Crippen molar-refractivity contribution in [1.82, 2.24) is 14.9 Å². The van der Waals surface area contributed by atoms with Crippen molar-refractivity contribution in [3.8, 4) is 0 Å². The second-order valence-electron chi connectivity index (χ2n) is 5.30. The van der Waals surface area contributed by atoms with E-state index in [0.29, 0.717) is 5.82 Å². The zero-order valence-corrected chi connectivity index (χ0v) is 12.3. The molecular weight excluding hydrogens is 288 g/mol. The van der Waals surface area contributed by atoms with Crippen molar-refractivity contribution in [2.24, 2.45) is 0 Å². The van der Waals surface area contributed by atoms with Crippen molar-refractivity contribution in [2.75, 3.05) is 43.4 Å². The molecule has 1 aliphatic heterocycles. The molecule has 0 radical (unpaired) electrons. The van der Waals surface area contributed by atoms with E-state index in [1.165, 1.54) is 18.5 Å². The van der Waals surface area contributed by atoms with Crippen LogP contribution in [0.5, 0.6) is 0 Å². The van der Waals surface area contributed by atoms with E-state index in [1.54, 1.807) is 6.07 Å². The van der Waals surface area contributed by atoms with E-state index in [-0.39, 0.29) is 5.69 Å². The van der Waals surface area contributed by atoms with E-state index in [9.17, 15) is 8.78 Å². The van der Waals surface area contributed by atoms with Crippen LogP contribution in [-0.4, -0.2) is 48.1 Å². The molecule has 2 aromatic rings. The van der Waals surface area contributed by atoms with Crippen LogP contribution in [0, 0.1) is 11.6 Å². The Bertz CT molecular complexity index is 656. The predicted molar refractivity (Wildman–Crippen MR) is 81.4 cm³/mol. The molecule has 0 bridgehead atoms. The molecule has 0 amide bonds. The van der Waals surface area contributed by atoms with E-state index in [1.807, 2.05) is 0 Å². The Labute approximate surface area is 127 Å². The Hall–Kier alpha value is -2.28. The number of nitrogens with one attached hydrogen (secondary N) is 1. The Morgan fingerprint density at radius 2 is 1.82 bits per heavy atom. The van der Waals surface area contributed by atoms with Crippen molar-refractivity contribution in [3.05, 3.63) is 42.2 Å². The van der Waals surface area contributed by atoms with Gasteiger partial charge in [0.2, 0.25) is 0 Å². The average Bonchev–Trinajstić information content (AvgIpc) is 2.51. The number of benzene rings is 1. The van der Waals surface area contributed by atoms with Crippen molar-refractivity contribution in [3.63, 3.8) is 0 Å². The maximum atomic E-state index is 13.7. The van der Waals surface area contributed by atoms with E-state index in [4.69, 9.17) is 0 Å². The van der Waals surface area contributed by atoms with Gasteiger partial charge in [-0.05, 0) is 19.2 Å². The minimum atomic E-state index is -0.653. The molecule has 1 aliphatic rings. The minimum absolute atomic E-state index is 0.185. The Morgan fingerprint density at radius 3 is 2.55 bits per heavy atom. The lowest BCUT2D eigenvalue weighted by Crippen LogP contribution is -2.44. The fourth-order valence-electron chi connectivity index (χ4n) is 2.35. The fraction of sp³-hybridized carbons (Fsp3) is 0.333. The first-order valence-corrected chi connectivity index (χ1v) is 7.09. The molecule has 0 spiro atoms. The molecule has 5 nitrogen and oxygen atoms in total. The zero-order valence-electron chi connectivity index (χ0n) is 12.3. The summed E-state index contributed by atoms with van der Waals surface area (Å²) in [5, 5.41) is 2.86. The Morgan fingerprint density at radius 1 is 1.05 bits per heavy atom. The maximum absolute atomic E-state index is 13.7. The third kappa shape index (κ3) is 3.30. The van der Waals surface area contributed by atoms with Crippen LogP contribution in [0.2, 0.25) is 0 Å². The van der Waals surface area contributed by atoms with E-state index < -0.39 is 11.6 Å². The number of hydrogen-bond donors (Lipinski definition) is 1. The number of halogens is 2. The van der Waals surface area contributed by atoms with Gasteiger partial charge in [0, 0.05) is 38.3 Å². The summed E-state index contributed by atoms with van der Waals surface area (Å²) < 4.78 is 26.6. The molecule has 0 atom stereocenters. The molecule has 7 heteroatoms. The maximum Gasteiger partial charge on any atom is 0.149 e. The molecule has 1 N–H and O–H groups in total. The van der Waals surface area contributed by atoms with Gasteiger partial charge in [-0.3, -0.25) is 0 Å². The summed E-state index contributed by atoms with van der Waals surface area (Å²) in [4.78, 5) is 12.8. The number of rotatable bonds is 3. The van der Waals surface area contributed by atoms with Crippen molar-refractivity contribution < 1.29 is 8.78 Å². The van der Waals surface area contributed by atoms with Gasteiger partial charge in [0.15, 0.2) is 0 Å². The Kier molecular flexibility index (Phi) is 4.15. The van der Waals surface area contributed by atoms with Gasteiger partial charge in [0.25, 0.3) is 0 Å². The van der Waals surface area contributed by atoms with Crippen LogP contribution in [0.25, 0.3) is 0 Å². The number of anilines is 3. The largest absolute Gasteiger partial charge is 0.354 e. The molecule has 0 saturated carbocycles. The van der Waals surface area contributed by atoms with Crippen LogP contribution in [-0.2, 0) is 0 Å². The molecule has 0 aliphatic carbocycles. The summed E-state index contributed by atoms with van der Waals surface area (Å²) in [6.07, 6.45) is 1.44. The molecule has 1 aromatic carbocycles. The van der Waals surface area contributed by atoms with E-state index >= 15 is 0 Å². The minimum Gasteiger partial charge on any atom is -0.354 e. The molecule has 3 rings (SSSR count). The molecule has 0 unspecified atom stereocenters. The highest BCUT2D eigenvalue weighted by atomic mass is 19.1. The number of aromatic nitrogens is 2. The van der Waals surface area contributed by atoms with Gasteiger partial charge < -0.3 is 15.1 Å². The summed E-state index contributed by atoms with van der Waals surface area (Å²) in [6, 6.07) is 5.16. The van der Waals surface area contributed by atoms with Crippen LogP contribution >= 0.6 is 0 Å². The van der Waals surface area contributed by atoms with Gasteiger partial charge in [-0.2, -0.15) is 0 Å². The Balaban J connectivity index is 1.76. The highest BCUT2D eigenvalue weighted by Gasteiger charge is 2.16. The first-order chi connectivity index (χ1) is 10.6. The third-order valence-corrected chi connectivity index (χ3v) is 3.67. The van der Waals surface area contributed by atoms with Gasteiger partial charge in [-0.1, -0.05) is 0 Å². The number of nitrogens with zero attached hydrogens (tertiary/aromatic N) is 4. The molecule has 1 fully saturated rings. The van der Waals surface area contributed by atoms with Gasteiger partial charge in [-0.15, -0.1) is 0 Å². The van der Waals surface area contributed by atoms with E-state index in [0.717, 1.165) is 38.1 Å². The highest BCUT2D eigenvalue weighted by Crippen LogP contribution is 2.22. The molecule has 116 valence electrons. The lowest BCUT2D eigenvalue weighted by atomic mass is 10.3. The predicted octanol–water partition coefficient (Wildman–Crippen LogP) is 2.25. The zero-order chi connectivity index (χ0) is 15.5. The quantitative estimate of drug-likeness (QED) is 0.942. The van der Waals surface area contributed by atoms with Crippen molar-refractivity contribution >= 4 is 17.3 Å². The summed E-state index contributed by atoms with van der Waals surface area (Å²) >= 11 is 0. The normalized spacial score (nSPS) is 15.9. The summed E-state index contributed by atoms with van der Waals surface area (Å²) in [7, 11) is 2.08. The second kappa shape index (κ2) is 6.23. The van der Waals surface area contributed by atoms with Crippen LogP contribution in [0.15, 0.2) is 30.6 Å². The smallest absolute Gasteiger partial charge is 0.149 e. The summed E-state index contributed by atoms with van der Waals surface area (Å²) in [6.45, 7) is 3.72. The molecule has 2 heterocycles. The van der Waals surface area contributed by atoms with Crippen LogP contribution in [0.1, 0.15) is 0 Å². The first-order valence-electron chi connectivity index (χ1n) is 7.09. The van der Waals surface area contributed by atoms with E-state index in [2.05, 4.69) is 32.1 Å². The van der Waals surface area contributed by atoms with Gasteiger partial charge in [-0.25, -0.2) is 18.7 Å². The lowest BCUT2D eigenvalue weighted by molar-refractivity contribution is 0.312. The summed E-state index contributed by atoms with van der Waals surface area (Å²) in [5.41, 5.74) is 0.185. The lowest BCUT2D eigenvalue weighted by Gasteiger charge is -2.33. The van der Waals surface area contributed by atoms with Crippen LogP contribution in [0.3, 0.4) is 0 Å². The monoisotopic (exact) mass is 305 g/mol. The summed E-state index contributed by atoms with van der Waals surface area (Å²) in [5.74, 6) is 0.0196. The number of hydrogen-bond acceptors (Lipinski definition) is 5. The van der Waals surface area contributed by atoms with Gasteiger partial charge in [0.05, 0.1) is 5.69 Å². The van der Waals surface area contributed by atoms with Gasteiger partial charge in [0.1, 0.15) is 29.6 Å². The molecule has 1 saturated heterocycles. The van der Waals surface area contributed by atoms with Crippen LogP contribution in [0.4, 0.5) is 26.1 Å². The van der Waals surface area contributed by atoms with Crippen molar-refractivity contribution in [1.29, 1.82) is 0 Å². The molecular formula is C15H17F2N5. The molecule has 22 heavy (non-hydrogen) atoms. The highest BCUT2D eigenvalue weighted by molar-refractivity contribution is 5.59. The topological polar surface area (TPSA) is 44.3 Å².